The average molecular weight is 144 g/mol. The second kappa shape index (κ2) is 2.23. The third-order valence-corrected chi connectivity index (χ3v) is 2.01. The summed E-state index contributed by atoms with van der Waals surface area (Å²) in [6.07, 6.45) is 1.06. The summed E-state index contributed by atoms with van der Waals surface area (Å²) in [5, 5.41) is 6.48. The second-order valence-electron chi connectivity index (χ2n) is 2.59. The van der Waals surface area contributed by atoms with Gasteiger partial charge in [0.1, 0.15) is 0 Å². The molecule has 1 aliphatic heterocycles. The molecule has 3 heteroatoms. The molecule has 1 fully saturated rings. The highest BCUT2D eigenvalue weighted by Crippen LogP contribution is 2.08. The molecule has 0 aromatic heterocycles. The minimum atomic E-state index is 0.0666. The molecule has 0 amide bonds. The molecule has 2 nitrogen and oxygen atoms in total. The van der Waals surface area contributed by atoms with Crippen LogP contribution in [0.5, 0.6) is 0 Å². The van der Waals surface area contributed by atoms with Gasteiger partial charge in [0.15, 0.2) is 0 Å². The SMILES string of the molecule is CCC1(C)NCC(=S)N1. The molecular formula is C6H12N2S. The van der Waals surface area contributed by atoms with E-state index >= 15 is 0 Å². The Bertz CT molecular complexity index is 135. The van der Waals surface area contributed by atoms with Gasteiger partial charge in [0.2, 0.25) is 0 Å². The van der Waals surface area contributed by atoms with Crippen LogP contribution in [0.3, 0.4) is 0 Å². The van der Waals surface area contributed by atoms with Gasteiger partial charge in [0.05, 0.1) is 10.7 Å². The molecule has 1 heterocycles. The van der Waals surface area contributed by atoms with Crippen LogP contribution in [0.15, 0.2) is 0 Å². The van der Waals surface area contributed by atoms with Gasteiger partial charge < -0.3 is 5.32 Å². The highest BCUT2D eigenvalue weighted by molar-refractivity contribution is 7.80. The van der Waals surface area contributed by atoms with Crippen molar-refractivity contribution in [2.24, 2.45) is 0 Å². The van der Waals surface area contributed by atoms with Crippen molar-refractivity contribution in [1.29, 1.82) is 0 Å². The molecule has 9 heavy (non-hydrogen) atoms. The number of rotatable bonds is 1. The van der Waals surface area contributed by atoms with Crippen LogP contribution in [0.4, 0.5) is 0 Å². The molecule has 1 saturated heterocycles. The van der Waals surface area contributed by atoms with Crippen LogP contribution in [0.2, 0.25) is 0 Å². The number of thiocarbonyl (C=S) groups is 1. The van der Waals surface area contributed by atoms with Gasteiger partial charge in [-0.05, 0) is 13.3 Å². The fourth-order valence-corrected chi connectivity index (χ4v) is 1.18. The third-order valence-electron chi connectivity index (χ3n) is 1.76. The molecule has 0 saturated carbocycles. The van der Waals surface area contributed by atoms with E-state index in [4.69, 9.17) is 12.2 Å². The van der Waals surface area contributed by atoms with E-state index in [9.17, 15) is 0 Å². The zero-order chi connectivity index (χ0) is 6.91. The Labute approximate surface area is 61.0 Å². The van der Waals surface area contributed by atoms with Crippen molar-refractivity contribution in [1.82, 2.24) is 10.6 Å². The average Bonchev–Trinajstić information content (AvgIpc) is 2.13. The van der Waals surface area contributed by atoms with Gasteiger partial charge in [-0.25, -0.2) is 0 Å². The molecule has 0 aromatic carbocycles. The Kier molecular flexibility index (Phi) is 1.73. The van der Waals surface area contributed by atoms with Crippen molar-refractivity contribution >= 4 is 17.2 Å². The van der Waals surface area contributed by atoms with Crippen molar-refractivity contribution in [2.45, 2.75) is 25.9 Å². The zero-order valence-corrected chi connectivity index (χ0v) is 6.64. The Hall–Kier alpha value is -0.150. The molecule has 1 unspecified atom stereocenters. The molecule has 1 atom stereocenters. The minimum absolute atomic E-state index is 0.0666. The number of hydrogen-bond donors (Lipinski definition) is 2. The van der Waals surface area contributed by atoms with Crippen molar-refractivity contribution in [3.05, 3.63) is 0 Å². The van der Waals surface area contributed by atoms with Crippen LogP contribution in [0.1, 0.15) is 20.3 Å². The van der Waals surface area contributed by atoms with Crippen LogP contribution in [0, 0.1) is 0 Å². The molecule has 52 valence electrons. The Morgan fingerprint density at radius 1 is 1.78 bits per heavy atom. The van der Waals surface area contributed by atoms with Gasteiger partial charge in [-0.2, -0.15) is 0 Å². The molecule has 1 rings (SSSR count). The summed E-state index contributed by atoms with van der Waals surface area (Å²) < 4.78 is 0. The maximum Gasteiger partial charge on any atom is 0.0908 e. The predicted molar refractivity (Wildman–Crippen MR) is 42.4 cm³/mol. The highest BCUT2D eigenvalue weighted by Gasteiger charge is 2.27. The summed E-state index contributed by atoms with van der Waals surface area (Å²) in [4.78, 5) is 0.930. The summed E-state index contributed by atoms with van der Waals surface area (Å²) in [5.74, 6) is 0. The van der Waals surface area contributed by atoms with Gasteiger partial charge in [-0.1, -0.05) is 19.1 Å². The van der Waals surface area contributed by atoms with E-state index in [1.807, 2.05) is 0 Å². The maximum atomic E-state index is 4.96. The molecule has 0 radical (unpaired) electrons. The lowest BCUT2D eigenvalue weighted by Crippen LogP contribution is -2.45. The van der Waals surface area contributed by atoms with Crippen molar-refractivity contribution in [2.75, 3.05) is 6.54 Å². The van der Waals surface area contributed by atoms with E-state index in [-0.39, 0.29) is 5.66 Å². The molecule has 0 aromatic rings. The lowest BCUT2D eigenvalue weighted by atomic mass is 10.2. The third kappa shape index (κ3) is 1.40. The fraction of sp³-hybridized carbons (Fsp3) is 0.833. The summed E-state index contributed by atoms with van der Waals surface area (Å²) in [5.41, 5.74) is 0.0666. The van der Waals surface area contributed by atoms with Gasteiger partial charge in [0.25, 0.3) is 0 Å². The van der Waals surface area contributed by atoms with E-state index in [0.717, 1.165) is 18.0 Å². The minimum Gasteiger partial charge on any atom is -0.361 e. The van der Waals surface area contributed by atoms with E-state index in [2.05, 4.69) is 24.5 Å². The summed E-state index contributed by atoms with van der Waals surface area (Å²) in [6.45, 7) is 5.08. The van der Waals surface area contributed by atoms with Crippen molar-refractivity contribution < 1.29 is 0 Å². The molecule has 0 bridgehead atoms. The van der Waals surface area contributed by atoms with Crippen LogP contribution in [0.25, 0.3) is 0 Å². The quantitative estimate of drug-likeness (QED) is 0.528. The first-order valence-electron chi connectivity index (χ1n) is 3.22. The topological polar surface area (TPSA) is 24.1 Å². The lowest BCUT2D eigenvalue weighted by molar-refractivity contribution is 0.370. The standard InChI is InChI=1S/C6H12N2S/c1-3-6(2)7-4-5(9)8-6/h7H,3-4H2,1-2H3,(H,8,9). The molecule has 0 spiro atoms. The smallest absolute Gasteiger partial charge is 0.0908 e. The van der Waals surface area contributed by atoms with Gasteiger partial charge in [0, 0.05) is 6.54 Å². The first-order chi connectivity index (χ1) is 4.16. The second-order valence-corrected chi connectivity index (χ2v) is 3.08. The molecule has 2 N–H and O–H groups in total. The summed E-state index contributed by atoms with van der Waals surface area (Å²) in [7, 11) is 0. The van der Waals surface area contributed by atoms with Gasteiger partial charge in [-0.15, -0.1) is 0 Å². The van der Waals surface area contributed by atoms with E-state index < -0.39 is 0 Å². The first-order valence-corrected chi connectivity index (χ1v) is 3.63. The predicted octanol–water partition coefficient (Wildman–Crippen LogP) is 0.633. The van der Waals surface area contributed by atoms with Crippen LogP contribution in [-0.4, -0.2) is 17.2 Å². The normalized spacial score (nSPS) is 34.7. The first kappa shape index (κ1) is 6.96. The molecule has 1 aliphatic rings. The molecule has 0 aliphatic carbocycles. The van der Waals surface area contributed by atoms with Crippen LogP contribution < -0.4 is 10.6 Å². The Morgan fingerprint density at radius 3 is 2.67 bits per heavy atom. The van der Waals surface area contributed by atoms with E-state index in [0.29, 0.717) is 0 Å². The molecular weight excluding hydrogens is 132 g/mol. The number of hydrogen-bond acceptors (Lipinski definition) is 2. The maximum absolute atomic E-state index is 4.96. The van der Waals surface area contributed by atoms with Gasteiger partial charge >= 0.3 is 0 Å². The van der Waals surface area contributed by atoms with Crippen molar-refractivity contribution in [3.63, 3.8) is 0 Å². The zero-order valence-electron chi connectivity index (χ0n) is 5.82. The largest absolute Gasteiger partial charge is 0.361 e. The van der Waals surface area contributed by atoms with Crippen LogP contribution >= 0.6 is 12.2 Å². The van der Waals surface area contributed by atoms with E-state index in [1.54, 1.807) is 0 Å². The van der Waals surface area contributed by atoms with Crippen LogP contribution in [-0.2, 0) is 0 Å². The summed E-state index contributed by atoms with van der Waals surface area (Å²) >= 11 is 4.96. The fourth-order valence-electron chi connectivity index (χ4n) is 0.885. The van der Waals surface area contributed by atoms with Gasteiger partial charge in [-0.3, -0.25) is 5.32 Å². The Balaban J connectivity index is 2.54. The van der Waals surface area contributed by atoms with E-state index in [1.165, 1.54) is 0 Å². The number of nitrogens with one attached hydrogen (secondary N) is 2. The highest BCUT2D eigenvalue weighted by atomic mass is 32.1. The Morgan fingerprint density at radius 2 is 2.44 bits per heavy atom. The van der Waals surface area contributed by atoms with Crippen molar-refractivity contribution in [3.8, 4) is 0 Å². The summed E-state index contributed by atoms with van der Waals surface area (Å²) in [6, 6.07) is 0. The lowest BCUT2D eigenvalue weighted by Gasteiger charge is -2.22. The monoisotopic (exact) mass is 144 g/mol.